The Kier molecular flexibility index (Phi) is 2.14. The zero-order valence-electron chi connectivity index (χ0n) is 9.17. The van der Waals surface area contributed by atoms with Crippen molar-refractivity contribution in [3.8, 4) is 0 Å². The van der Waals surface area contributed by atoms with E-state index in [9.17, 15) is 8.42 Å². The first kappa shape index (κ1) is 10.5. The van der Waals surface area contributed by atoms with Gasteiger partial charge in [-0.3, -0.25) is 4.72 Å². The molecular formula is C10H11N3O3S. The van der Waals surface area contributed by atoms with Crippen LogP contribution in [-0.2, 0) is 10.2 Å². The Morgan fingerprint density at radius 3 is 2.88 bits per heavy atom. The molecule has 0 saturated carbocycles. The van der Waals surface area contributed by atoms with E-state index in [1.807, 2.05) is 0 Å². The molecule has 1 fully saturated rings. The number of aromatic nitrogens is 1. The number of rotatable bonds is 3. The summed E-state index contributed by atoms with van der Waals surface area (Å²) in [6, 6.07) is 5.02. The quantitative estimate of drug-likeness (QED) is 0.831. The lowest BCUT2D eigenvalue weighted by molar-refractivity contribution is 0.561. The van der Waals surface area contributed by atoms with Gasteiger partial charge in [-0.05, 0) is 18.2 Å². The lowest BCUT2D eigenvalue weighted by Gasteiger charge is -2.06. The summed E-state index contributed by atoms with van der Waals surface area (Å²) >= 11 is 0. The zero-order valence-corrected chi connectivity index (χ0v) is 9.99. The van der Waals surface area contributed by atoms with Crippen molar-refractivity contribution >= 4 is 27.0 Å². The van der Waals surface area contributed by atoms with Gasteiger partial charge in [0.05, 0.1) is 5.69 Å². The first-order valence-electron chi connectivity index (χ1n) is 5.20. The zero-order chi connectivity index (χ0) is 12.0. The van der Waals surface area contributed by atoms with Gasteiger partial charge in [0.2, 0.25) is 0 Å². The van der Waals surface area contributed by atoms with Crippen LogP contribution in [0, 0.1) is 6.92 Å². The Bertz CT molecular complexity index is 673. The molecule has 1 aliphatic rings. The molecule has 17 heavy (non-hydrogen) atoms. The van der Waals surface area contributed by atoms with Crippen LogP contribution in [0.15, 0.2) is 22.6 Å². The molecule has 2 aromatic rings. The average molecular weight is 253 g/mol. The van der Waals surface area contributed by atoms with E-state index in [-0.39, 0.29) is 0 Å². The van der Waals surface area contributed by atoms with Crippen molar-refractivity contribution < 1.29 is 12.8 Å². The third-order valence-corrected chi connectivity index (χ3v) is 4.03. The van der Waals surface area contributed by atoms with E-state index in [0.717, 1.165) is 0 Å². The first-order chi connectivity index (χ1) is 8.04. The van der Waals surface area contributed by atoms with Crippen molar-refractivity contribution in [2.24, 2.45) is 0 Å². The van der Waals surface area contributed by atoms with Crippen LogP contribution in [-0.4, -0.2) is 30.8 Å². The Labute approximate surface area is 98.4 Å². The SMILES string of the molecule is Cc1nc2cc(NS(=O)(=O)N3CC3)ccc2o1. The molecule has 0 aliphatic carbocycles. The second-order valence-corrected chi connectivity index (χ2v) is 5.59. The molecule has 0 spiro atoms. The molecule has 0 atom stereocenters. The van der Waals surface area contributed by atoms with Crippen LogP contribution in [0.25, 0.3) is 11.1 Å². The molecular weight excluding hydrogens is 242 g/mol. The first-order valence-corrected chi connectivity index (χ1v) is 6.64. The molecule has 1 aromatic carbocycles. The number of nitrogens with zero attached hydrogens (tertiary/aromatic N) is 2. The van der Waals surface area contributed by atoms with Crippen LogP contribution in [0.4, 0.5) is 5.69 Å². The fourth-order valence-electron chi connectivity index (χ4n) is 1.60. The van der Waals surface area contributed by atoms with Gasteiger partial charge in [0.1, 0.15) is 5.52 Å². The number of oxazole rings is 1. The molecule has 1 saturated heterocycles. The van der Waals surface area contributed by atoms with Crippen LogP contribution < -0.4 is 4.72 Å². The number of benzene rings is 1. The number of hydrogen-bond donors (Lipinski definition) is 1. The molecule has 0 amide bonds. The standard InChI is InChI=1S/C10H11N3O3S/c1-7-11-9-6-8(2-3-10(9)16-7)12-17(14,15)13-4-5-13/h2-3,6,12H,4-5H2,1H3. The van der Waals surface area contributed by atoms with E-state index in [1.54, 1.807) is 25.1 Å². The fraction of sp³-hybridized carbons (Fsp3) is 0.300. The van der Waals surface area contributed by atoms with E-state index in [1.165, 1.54) is 4.31 Å². The minimum absolute atomic E-state index is 0.498. The highest BCUT2D eigenvalue weighted by Gasteiger charge is 2.31. The highest BCUT2D eigenvalue weighted by molar-refractivity contribution is 7.90. The summed E-state index contributed by atoms with van der Waals surface area (Å²) in [5, 5.41) is 0. The van der Waals surface area contributed by atoms with Gasteiger partial charge in [-0.15, -0.1) is 0 Å². The van der Waals surface area contributed by atoms with E-state index in [2.05, 4.69) is 9.71 Å². The number of aryl methyl sites for hydroxylation is 1. The van der Waals surface area contributed by atoms with E-state index in [0.29, 0.717) is 35.8 Å². The molecule has 0 radical (unpaired) electrons. The minimum Gasteiger partial charge on any atom is -0.441 e. The summed E-state index contributed by atoms with van der Waals surface area (Å²) in [6.45, 7) is 2.92. The van der Waals surface area contributed by atoms with Gasteiger partial charge >= 0.3 is 10.2 Å². The number of fused-ring (bicyclic) bond motifs is 1. The van der Waals surface area contributed by atoms with Crippen LogP contribution >= 0.6 is 0 Å². The predicted molar refractivity (Wildman–Crippen MR) is 62.9 cm³/mol. The predicted octanol–water partition coefficient (Wildman–Crippen LogP) is 1.11. The molecule has 1 N–H and O–H groups in total. The van der Waals surface area contributed by atoms with Crippen LogP contribution in [0.1, 0.15) is 5.89 Å². The third-order valence-electron chi connectivity index (χ3n) is 2.49. The smallest absolute Gasteiger partial charge is 0.301 e. The molecule has 1 aliphatic heterocycles. The van der Waals surface area contributed by atoms with Crippen LogP contribution in [0.2, 0.25) is 0 Å². The molecule has 2 heterocycles. The Morgan fingerprint density at radius 1 is 1.41 bits per heavy atom. The van der Waals surface area contributed by atoms with Crippen molar-refractivity contribution in [1.82, 2.24) is 9.29 Å². The Morgan fingerprint density at radius 2 is 2.18 bits per heavy atom. The number of nitrogens with one attached hydrogen (secondary N) is 1. The fourth-order valence-corrected chi connectivity index (χ4v) is 2.72. The minimum atomic E-state index is -3.38. The van der Waals surface area contributed by atoms with Gasteiger partial charge in [0.25, 0.3) is 0 Å². The molecule has 0 bridgehead atoms. The third kappa shape index (κ3) is 1.98. The van der Waals surface area contributed by atoms with E-state index < -0.39 is 10.2 Å². The van der Waals surface area contributed by atoms with Crippen LogP contribution in [0.5, 0.6) is 0 Å². The Hall–Kier alpha value is -1.60. The topological polar surface area (TPSA) is 75.2 Å². The van der Waals surface area contributed by atoms with Gasteiger partial charge in [-0.1, -0.05) is 0 Å². The molecule has 6 nitrogen and oxygen atoms in total. The van der Waals surface area contributed by atoms with Crippen LogP contribution in [0.3, 0.4) is 0 Å². The second-order valence-electron chi connectivity index (χ2n) is 3.92. The Balaban J connectivity index is 1.95. The average Bonchev–Trinajstić information content (AvgIpc) is 3.01. The maximum Gasteiger partial charge on any atom is 0.301 e. The summed E-state index contributed by atoms with van der Waals surface area (Å²) < 4.78 is 32.5. The molecule has 3 rings (SSSR count). The van der Waals surface area contributed by atoms with Crippen molar-refractivity contribution in [2.75, 3.05) is 17.8 Å². The summed E-state index contributed by atoms with van der Waals surface area (Å²) in [6.07, 6.45) is 0. The van der Waals surface area contributed by atoms with Gasteiger partial charge in [0, 0.05) is 20.0 Å². The summed E-state index contributed by atoms with van der Waals surface area (Å²) in [5.41, 5.74) is 1.79. The van der Waals surface area contributed by atoms with Crippen molar-refractivity contribution in [2.45, 2.75) is 6.92 Å². The lowest BCUT2D eigenvalue weighted by Crippen LogP contribution is -2.20. The summed E-state index contributed by atoms with van der Waals surface area (Å²) in [4.78, 5) is 4.15. The molecule has 1 aromatic heterocycles. The largest absolute Gasteiger partial charge is 0.441 e. The van der Waals surface area contributed by atoms with Gasteiger partial charge in [-0.2, -0.15) is 12.7 Å². The maximum absolute atomic E-state index is 11.7. The molecule has 7 heteroatoms. The van der Waals surface area contributed by atoms with E-state index >= 15 is 0 Å². The van der Waals surface area contributed by atoms with Gasteiger partial charge in [0.15, 0.2) is 11.5 Å². The van der Waals surface area contributed by atoms with Gasteiger partial charge < -0.3 is 4.42 Å². The maximum atomic E-state index is 11.7. The van der Waals surface area contributed by atoms with E-state index in [4.69, 9.17) is 4.42 Å². The molecule has 0 unspecified atom stereocenters. The summed E-state index contributed by atoms with van der Waals surface area (Å²) in [7, 11) is -3.38. The van der Waals surface area contributed by atoms with Crippen molar-refractivity contribution in [1.29, 1.82) is 0 Å². The van der Waals surface area contributed by atoms with Crippen molar-refractivity contribution in [3.63, 3.8) is 0 Å². The normalized spacial score (nSPS) is 16.3. The monoisotopic (exact) mass is 253 g/mol. The highest BCUT2D eigenvalue weighted by atomic mass is 32.2. The second kappa shape index (κ2) is 3.44. The highest BCUT2D eigenvalue weighted by Crippen LogP contribution is 2.22. The lowest BCUT2D eigenvalue weighted by atomic mass is 10.3. The van der Waals surface area contributed by atoms with Gasteiger partial charge in [-0.25, -0.2) is 4.98 Å². The van der Waals surface area contributed by atoms with Crippen molar-refractivity contribution in [3.05, 3.63) is 24.1 Å². The molecule has 90 valence electrons. The number of hydrogen-bond acceptors (Lipinski definition) is 4. The summed E-state index contributed by atoms with van der Waals surface area (Å²) in [5.74, 6) is 0.561. The number of anilines is 1.